The van der Waals surface area contributed by atoms with Gasteiger partial charge in [-0.25, -0.2) is 4.98 Å². The Balaban J connectivity index is 1.78. The summed E-state index contributed by atoms with van der Waals surface area (Å²) in [5, 5.41) is 7.48. The molecule has 8 heteroatoms. The van der Waals surface area contributed by atoms with E-state index in [1.165, 1.54) is 18.4 Å². The maximum absolute atomic E-state index is 11.8. The number of rotatable bonds is 7. The maximum atomic E-state index is 11.8. The third-order valence-electron chi connectivity index (χ3n) is 3.02. The van der Waals surface area contributed by atoms with Crippen LogP contribution in [0.25, 0.3) is 10.6 Å². The molecule has 0 saturated heterocycles. The van der Waals surface area contributed by atoms with E-state index in [9.17, 15) is 14.4 Å². The summed E-state index contributed by atoms with van der Waals surface area (Å²) in [5.41, 5.74) is 1.64. The van der Waals surface area contributed by atoms with Crippen molar-refractivity contribution in [3.8, 4) is 10.6 Å². The minimum absolute atomic E-state index is 0.0909. The lowest BCUT2D eigenvalue weighted by atomic mass is 10.2. The first-order valence-electron chi connectivity index (χ1n) is 7.18. The van der Waals surface area contributed by atoms with Crippen LogP contribution >= 0.6 is 11.3 Å². The van der Waals surface area contributed by atoms with Crippen molar-refractivity contribution in [1.29, 1.82) is 0 Å². The van der Waals surface area contributed by atoms with E-state index < -0.39 is 11.9 Å². The Morgan fingerprint density at radius 3 is 2.50 bits per heavy atom. The van der Waals surface area contributed by atoms with Crippen LogP contribution in [0, 0.1) is 0 Å². The van der Waals surface area contributed by atoms with E-state index in [0.29, 0.717) is 5.69 Å². The summed E-state index contributed by atoms with van der Waals surface area (Å²) in [5.74, 6) is -1.32. The van der Waals surface area contributed by atoms with E-state index in [-0.39, 0.29) is 25.4 Å². The molecular weight excluding hydrogens is 330 g/mol. The molecule has 1 heterocycles. The van der Waals surface area contributed by atoms with Crippen LogP contribution in [0.1, 0.15) is 5.69 Å². The summed E-state index contributed by atoms with van der Waals surface area (Å²) in [6.45, 7) is -0.427. The molecule has 0 aliphatic heterocycles. The van der Waals surface area contributed by atoms with Crippen molar-refractivity contribution >= 4 is 29.1 Å². The van der Waals surface area contributed by atoms with Crippen LogP contribution in [0.15, 0.2) is 35.7 Å². The second kappa shape index (κ2) is 8.78. The van der Waals surface area contributed by atoms with Gasteiger partial charge in [0.1, 0.15) is 11.6 Å². The topological polar surface area (TPSA) is 97.4 Å². The molecule has 0 unspecified atom stereocenters. The van der Waals surface area contributed by atoms with E-state index >= 15 is 0 Å². The highest BCUT2D eigenvalue weighted by atomic mass is 32.1. The number of methoxy groups -OCH3 is 1. The number of thiazole rings is 1. The summed E-state index contributed by atoms with van der Waals surface area (Å²) in [6, 6.07) is 9.69. The minimum Gasteiger partial charge on any atom is -0.468 e. The van der Waals surface area contributed by atoms with Gasteiger partial charge in [0.05, 0.1) is 25.8 Å². The molecule has 126 valence electrons. The number of carbonyl (C=O) groups is 3. The maximum Gasteiger partial charge on any atom is 0.325 e. The number of nitrogens with one attached hydrogen (secondary N) is 2. The number of esters is 1. The van der Waals surface area contributed by atoms with Gasteiger partial charge < -0.3 is 15.4 Å². The average Bonchev–Trinajstić information content (AvgIpc) is 3.07. The van der Waals surface area contributed by atoms with Crippen molar-refractivity contribution in [2.75, 3.05) is 20.2 Å². The Kier molecular flexibility index (Phi) is 6.44. The highest BCUT2D eigenvalue weighted by Crippen LogP contribution is 2.23. The SMILES string of the molecule is COC(=O)CNC(=O)CNC(=O)Cc1csc(-c2ccccc2)n1. The molecule has 0 fully saturated rings. The van der Waals surface area contributed by atoms with Crippen LogP contribution in [-0.4, -0.2) is 43.0 Å². The third-order valence-corrected chi connectivity index (χ3v) is 3.96. The first kappa shape index (κ1) is 17.6. The van der Waals surface area contributed by atoms with Crippen molar-refractivity contribution in [2.45, 2.75) is 6.42 Å². The smallest absolute Gasteiger partial charge is 0.325 e. The molecular formula is C16H17N3O4S. The Labute approximate surface area is 143 Å². The van der Waals surface area contributed by atoms with Crippen LogP contribution in [0.5, 0.6) is 0 Å². The molecule has 2 amide bonds. The highest BCUT2D eigenvalue weighted by molar-refractivity contribution is 7.13. The second-order valence-corrected chi connectivity index (χ2v) is 5.67. The van der Waals surface area contributed by atoms with Crippen LogP contribution in [0.4, 0.5) is 0 Å². The molecule has 2 N–H and O–H groups in total. The molecule has 0 aliphatic carbocycles. The molecule has 0 saturated carbocycles. The Bertz CT molecular complexity index is 715. The van der Waals surface area contributed by atoms with Gasteiger partial charge in [0.25, 0.3) is 0 Å². The molecule has 2 rings (SSSR count). The van der Waals surface area contributed by atoms with Gasteiger partial charge in [-0.05, 0) is 0 Å². The molecule has 24 heavy (non-hydrogen) atoms. The first-order chi connectivity index (χ1) is 11.6. The van der Waals surface area contributed by atoms with E-state index in [2.05, 4.69) is 20.4 Å². The van der Waals surface area contributed by atoms with Gasteiger partial charge in [-0.2, -0.15) is 0 Å². The van der Waals surface area contributed by atoms with Gasteiger partial charge in [0, 0.05) is 10.9 Å². The zero-order valence-corrected chi connectivity index (χ0v) is 13.9. The van der Waals surface area contributed by atoms with Crippen molar-refractivity contribution in [3.05, 3.63) is 41.4 Å². The number of hydrogen-bond acceptors (Lipinski definition) is 6. The molecule has 2 aromatic rings. The zero-order chi connectivity index (χ0) is 17.4. The van der Waals surface area contributed by atoms with Gasteiger partial charge in [0.2, 0.25) is 11.8 Å². The number of nitrogens with zero attached hydrogens (tertiary/aromatic N) is 1. The summed E-state index contributed by atoms with van der Waals surface area (Å²) >= 11 is 1.46. The largest absolute Gasteiger partial charge is 0.468 e. The first-order valence-corrected chi connectivity index (χ1v) is 8.06. The Morgan fingerprint density at radius 2 is 1.79 bits per heavy atom. The quantitative estimate of drug-likeness (QED) is 0.721. The second-order valence-electron chi connectivity index (χ2n) is 4.82. The molecule has 0 atom stereocenters. The molecule has 1 aromatic heterocycles. The van der Waals surface area contributed by atoms with Crippen LogP contribution in [0.3, 0.4) is 0 Å². The van der Waals surface area contributed by atoms with E-state index in [4.69, 9.17) is 0 Å². The molecule has 0 spiro atoms. The van der Waals surface area contributed by atoms with Crippen molar-refractivity contribution < 1.29 is 19.1 Å². The number of amides is 2. The number of ether oxygens (including phenoxy) is 1. The lowest BCUT2D eigenvalue weighted by Gasteiger charge is -2.05. The average molecular weight is 347 g/mol. The number of carbonyl (C=O) groups excluding carboxylic acids is 3. The normalized spacial score (nSPS) is 10.0. The predicted molar refractivity (Wildman–Crippen MR) is 89.3 cm³/mol. The highest BCUT2D eigenvalue weighted by Gasteiger charge is 2.11. The fourth-order valence-electron chi connectivity index (χ4n) is 1.81. The van der Waals surface area contributed by atoms with Crippen molar-refractivity contribution in [2.24, 2.45) is 0 Å². The number of benzene rings is 1. The summed E-state index contributed by atoms with van der Waals surface area (Å²) in [7, 11) is 1.23. The van der Waals surface area contributed by atoms with Gasteiger partial charge in [-0.15, -0.1) is 11.3 Å². The number of aromatic nitrogens is 1. The summed E-state index contributed by atoms with van der Waals surface area (Å²) < 4.78 is 4.40. The summed E-state index contributed by atoms with van der Waals surface area (Å²) in [4.78, 5) is 38.6. The summed E-state index contributed by atoms with van der Waals surface area (Å²) in [6.07, 6.45) is 0.0909. The molecule has 0 aliphatic rings. The lowest BCUT2D eigenvalue weighted by molar-refractivity contribution is -0.141. The lowest BCUT2D eigenvalue weighted by Crippen LogP contribution is -2.39. The standard InChI is InChI=1S/C16H17N3O4S/c1-23-15(22)9-18-14(21)8-17-13(20)7-12-10-24-16(19-12)11-5-3-2-4-6-11/h2-6,10H,7-9H2,1H3,(H,17,20)(H,18,21). The van der Waals surface area contributed by atoms with Gasteiger partial charge >= 0.3 is 5.97 Å². The fourth-order valence-corrected chi connectivity index (χ4v) is 2.64. The Hall–Kier alpha value is -2.74. The van der Waals surface area contributed by atoms with E-state index in [1.54, 1.807) is 0 Å². The van der Waals surface area contributed by atoms with Gasteiger partial charge in [0.15, 0.2) is 0 Å². The van der Waals surface area contributed by atoms with Crippen LogP contribution < -0.4 is 10.6 Å². The van der Waals surface area contributed by atoms with E-state index in [1.807, 2.05) is 35.7 Å². The minimum atomic E-state index is -0.550. The van der Waals surface area contributed by atoms with Crippen molar-refractivity contribution in [1.82, 2.24) is 15.6 Å². The fraction of sp³-hybridized carbons (Fsp3) is 0.250. The molecule has 7 nitrogen and oxygen atoms in total. The monoisotopic (exact) mass is 347 g/mol. The molecule has 0 bridgehead atoms. The zero-order valence-electron chi connectivity index (χ0n) is 13.1. The number of hydrogen-bond donors (Lipinski definition) is 2. The molecule has 0 radical (unpaired) electrons. The third kappa shape index (κ3) is 5.47. The van der Waals surface area contributed by atoms with Gasteiger partial charge in [-0.1, -0.05) is 30.3 Å². The van der Waals surface area contributed by atoms with Crippen molar-refractivity contribution in [3.63, 3.8) is 0 Å². The predicted octanol–water partition coefficient (Wildman–Crippen LogP) is 0.758. The van der Waals surface area contributed by atoms with Crippen LogP contribution in [0.2, 0.25) is 0 Å². The molecule has 1 aromatic carbocycles. The van der Waals surface area contributed by atoms with Crippen LogP contribution in [-0.2, 0) is 25.5 Å². The Morgan fingerprint density at radius 1 is 1.08 bits per heavy atom. The van der Waals surface area contributed by atoms with E-state index in [0.717, 1.165) is 10.6 Å². The van der Waals surface area contributed by atoms with Gasteiger partial charge in [-0.3, -0.25) is 14.4 Å².